The van der Waals surface area contributed by atoms with Gasteiger partial charge in [-0.3, -0.25) is 13.9 Å². The minimum Gasteiger partial charge on any atom is -0.772 e. The minimum atomic E-state index is -2.02. The molecule has 2 N–H and O–H groups in total. The van der Waals surface area contributed by atoms with E-state index in [1.54, 1.807) is 18.2 Å². The summed E-state index contributed by atoms with van der Waals surface area (Å²) in [4.78, 5) is 20.1. The summed E-state index contributed by atoms with van der Waals surface area (Å²) in [6.45, 7) is 8.93. The van der Waals surface area contributed by atoms with Crippen LogP contribution in [0.25, 0.3) is 4.85 Å². The van der Waals surface area contributed by atoms with Gasteiger partial charge in [0, 0.05) is 61.4 Å². The van der Waals surface area contributed by atoms with Gasteiger partial charge in [-0.05, 0) is 87.1 Å². The van der Waals surface area contributed by atoms with E-state index in [1.165, 1.54) is 18.2 Å². The first-order valence-electron chi connectivity index (χ1n) is 15.8. The van der Waals surface area contributed by atoms with Crippen LogP contribution in [0.3, 0.4) is 0 Å². The van der Waals surface area contributed by atoms with Crippen LogP contribution < -0.4 is 10.6 Å². The zero-order valence-electron chi connectivity index (χ0n) is 25.3. The molecule has 0 spiro atoms. The second kappa shape index (κ2) is 15.9. The summed E-state index contributed by atoms with van der Waals surface area (Å²) in [5.41, 5.74) is 1.35. The number of anilines is 1. The molecule has 244 valence electrons. The Bertz CT molecular complexity index is 1410. The van der Waals surface area contributed by atoms with Crippen molar-refractivity contribution >= 4 is 34.3 Å². The molecule has 3 saturated heterocycles. The number of hydrogen-bond acceptors (Lipinski definition) is 6. The molecule has 0 saturated carbocycles. The number of carbonyl (C=O) groups is 1. The van der Waals surface area contributed by atoms with E-state index in [-0.39, 0.29) is 16.8 Å². The molecule has 2 aromatic carbocycles. The first-order chi connectivity index (χ1) is 21.7. The Labute approximate surface area is 271 Å². The fourth-order valence-electron chi connectivity index (χ4n) is 6.98. The molecule has 0 radical (unpaired) electrons. The molecule has 5 rings (SSSR count). The Morgan fingerprint density at radius 2 is 2.00 bits per heavy atom. The summed E-state index contributed by atoms with van der Waals surface area (Å²) in [5, 5.41) is 6.46. The molecule has 45 heavy (non-hydrogen) atoms. The van der Waals surface area contributed by atoms with E-state index in [2.05, 4.69) is 20.4 Å². The predicted octanol–water partition coefficient (Wildman–Crippen LogP) is 5.50. The number of piperazine rings is 1. The highest BCUT2D eigenvalue weighted by atomic mass is 35.5. The van der Waals surface area contributed by atoms with Crippen molar-refractivity contribution in [1.82, 2.24) is 10.2 Å². The van der Waals surface area contributed by atoms with E-state index in [0.29, 0.717) is 73.7 Å². The zero-order valence-corrected chi connectivity index (χ0v) is 26.8. The van der Waals surface area contributed by atoms with Gasteiger partial charge >= 0.3 is 11.9 Å². The number of fused-ring (bicyclic) bond motifs is 1. The smallest absolute Gasteiger partial charge is 0.355 e. The van der Waals surface area contributed by atoms with E-state index in [4.69, 9.17) is 22.9 Å². The third-order valence-corrected chi connectivity index (χ3v) is 10.5. The summed E-state index contributed by atoms with van der Waals surface area (Å²) >= 11 is 3.94. The van der Waals surface area contributed by atoms with Crippen LogP contribution >= 0.6 is 11.6 Å². The summed E-state index contributed by atoms with van der Waals surface area (Å²) in [7, 11) is 0. The molecule has 1 amide bonds. The zero-order chi connectivity index (χ0) is 31.9. The highest BCUT2D eigenvalue weighted by Gasteiger charge is 2.47. The standard InChI is InChI=1S/C33H41ClF2N4O4S/c1-37-32(24(9-7-21-13-15-44-16-14-21)22-8-11-26(34)28(36)18-22)33(41)39-29-6-2-5-27(35)25(29)10-12-30-31-20-40(31)23(19-38-30)4-3-17-45(42)43/h1-2,5-6,8,11,18,21,23-24,30-32,38H,3-4,7,9-10,12-17,19-20H2,(H-,39,41,42,43). The number of benzene rings is 2. The van der Waals surface area contributed by atoms with E-state index in [9.17, 15) is 17.9 Å². The third-order valence-electron chi connectivity index (χ3n) is 9.58. The molecule has 8 nitrogen and oxygen atoms in total. The number of hydrogen-bond donors (Lipinski definition) is 2. The van der Waals surface area contributed by atoms with Crippen molar-refractivity contribution in [2.24, 2.45) is 5.92 Å². The maximum atomic E-state index is 15.2. The van der Waals surface area contributed by atoms with Crippen molar-refractivity contribution in [3.8, 4) is 6.57 Å². The van der Waals surface area contributed by atoms with Crippen LogP contribution in [0.5, 0.6) is 0 Å². The molecule has 3 aliphatic heterocycles. The van der Waals surface area contributed by atoms with Crippen LogP contribution in [-0.4, -0.2) is 75.8 Å². The highest BCUT2D eigenvalue weighted by molar-refractivity contribution is 7.79. The molecule has 0 aromatic heterocycles. The second-order valence-corrected chi connectivity index (χ2v) is 13.8. The van der Waals surface area contributed by atoms with E-state index < -0.39 is 40.6 Å². The molecular formula is C33H41ClF2N4O4S. The van der Waals surface area contributed by atoms with Gasteiger partial charge in [0.1, 0.15) is 11.6 Å². The van der Waals surface area contributed by atoms with Gasteiger partial charge in [0.15, 0.2) is 0 Å². The normalized spacial score (nSPS) is 25.0. The topological polar surface area (TPSA) is 97.9 Å². The predicted molar refractivity (Wildman–Crippen MR) is 171 cm³/mol. The van der Waals surface area contributed by atoms with Gasteiger partial charge in [-0.25, -0.2) is 8.78 Å². The average Bonchev–Trinajstić information content (AvgIpc) is 3.83. The molecule has 7 unspecified atom stereocenters. The first-order valence-corrected chi connectivity index (χ1v) is 17.4. The van der Waals surface area contributed by atoms with Gasteiger partial charge < -0.3 is 19.9 Å². The van der Waals surface area contributed by atoms with Crippen LogP contribution in [0.2, 0.25) is 5.02 Å². The maximum absolute atomic E-state index is 15.2. The summed E-state index contributed by atoms with van der Waals surface area (Å²) < 4.78 is 57.0. The molecule has 12 heteroatoms. The van der Waals surface area contributed by atoms with Gasteiger partial charge in [-0.2, -0.15) is 0 Å². The van der Waals surface area contributed by atoms with Crippen LogP contribution in [0.4, 0.5) is 14.5 Å². The molecule has 0 aliphatic carbocycles. The number of nitrogens with one attached hydrogen (secondary N) is 2. The fraction of sp³-hybridized carbons (Fsp3) is 0.576. The number of halogens is 3. The van der Waals surface area contributed by atoms with Gasteiger partial charge in [-0.15, -0.1) is 0 Å². The Hall–Kier alpha value is -2.46. The lowest BCUT2D eigenvalue weighted by molar-refractivity contribution is -0.117. The van der Waals surface area contributed by atoms with Crippen molar-refractivity contribution in [2.75, 3.05) is 37.4 Å². The lowest BCUT2D eigenvalue weighted by Gasteiger charge is -2.31. The van der Waals surface area contributed by atoms with Crippen molar-refractivity contribution < 1.29 is 27.1 Å². The second-order valence-electron chi connectivity index (χ2n) is 12.4. The minimum absolute atomic E-state index is 0.00810. The summed E-state index contributed by atoms with van der Waals surface area (Å²) in [6.07, 6.45) is 5.73. The van der Waals surface area contributed by atoms with Gasteiger partial charge in [0.25, 0.3) is 6.57 Å². The molecule has 0 bridgehead atoms. The largest absolute Gasteiger partial charge is 0.772 e. The fourth-order valence-corrected chi connectivity index (χ4v) is 7.50. The molecule has 3 aliphatic rings. The van der Waals surface area contributed by atoms with Crippen LogP contribution in [-0.2, 0) is 27.0 Å². The third kappa shape index (κ3) is 8.88. The van der Waals surface area contributed by atoms with Crippen LogP contribution in [0.15, 0.2) is 36.4 Å². The number of amides is 1. The van der Waals surface area contributed by atoms with Gasteiger partial charge in [0.2, 0.25) is 0 Å². The molecule has 3 fully saturated rings. The quantitative estimate of drug-likeness (QED) is 0.205. The lowest BCUT2D eigenvalue weighted by atomic mass is 9.83. The first kappa shape index (κ1) is 33.9. The average molecular weight is 663 g/mol. The molecular weight excluding hydrogens is 622 g/mol. The maximum Gasteiger partial charge on any atom is 0.355 e. The Morgan fingerprint density at radius 3 is 2.73 bits per heavy atom. The van der Waals surface area contributed by atoms with Crippen molar-refractivity contribution in [3.63, 3.8) is 0 Å². The molecule has 3 heterocycles. The van der Waals surface area contributed by atoms with E-state index in [1.807, 2.05) is 0 Å². The Kier molecular flexibility index (Phi) is 12.0. The summed E-state index contributed by atoms with van der Waals surface area (Å²) in [5.74, 6) is -1.38. The van der Waals surface area contributed by atoms with Crippen molar-refractivity contribution in [3.05, 3.63) is 69.0 Å². The van der Waals surface area contributed by atoms with Crippen LogP contribution in [0, 0.1) is 24.1 Å². The number of rotatable bonds is 14. The van der Waals surface area contributed by atoms with Crippen LogP contribution in [0.1, 0.15) is 62.0 Å². The monoisotopic (exact) mass is 662 g/mol. The Morgan fingerprint density at radius 1 is 1.20 bits per heavy atom. The van der Waals surface area contributed by atoms with Crippen molar-refractivity contribution in [2.45, 2.75) is 81.5 Å². The van der Waals surface area contributed by atoms with Gasteiger partial charge in [0.05, 0.1) is 10.9 Å². The van der Waals surface area contributed by atoms with Crippen molar-refractivity contribution in [1.29, 1.82) is 0 Å². The Balaban J connectivity index is 1.25. The highest BCUT2D eigenvalue weighted by Crippen LogP contribution is 2.35. The SMILES string of the molecule is C#[N+]C(C(=O)Nc1cccc(F)c1CCC1NCC(CCCS(=O)[O-])N2CC12)C(CCC1CCOCC1)c1ccc(Cl)c(F)c1. The van der Waals surface area contributed by atoms with Gasteiger partial charge in [-0.1, -0.05) is 39.7 Å². The molecule has 2 aromatic rings. The lowest BCUT2D eigenvalue weighted by Crippen LogP contribution is -2.49. The van der Waals surface area contributed by atoms with E-state index in [0.717, 1.165) is 38.8 Å². The molecule has 7 atom stereocenters. The number of nitrogens with zero attached hydrogens (tertiary/aromatic N) is 2. The number of ether oxygens (including phenoxy) is 1. The van der Waals surface area contributed by atoms with E-state index >= 15 is 4.39 Å². The number of carbonyl (C=O) groups excluding carboxylic acids is 1. The summed E-state index contributed by atoms with van der Waals surface area (Å²) in [6, 6.07) is 8.91.